The van der Waals surface area contributed by atoms with E-state index in [0.717, 1.165) is 6.42 Å². The number of rotatable bonds is 2. The van der Waals surface area contributed by atoms with Crippen LogP contribution in [0.5, 0.6) is 0 Å². The molecule has 1 atom stereocenters. The molecular formula is C13H16O2S. The van der Waals surface area contributed by atoms with Gasteiger partial charge in [0.25, 0.3) is 0 Å². The molecule has 1 saturated carbocycles. The Kier molecular flexibility index (Phi) is 2.32. The zero-order valence-corrected chi connectivity index (χ0v) is 10.1. The first-order valence-electron chi connectivity index (χ1n) is 6.01. The van der Waals surface area contributed by atoms with E-state index in [0.29, 0.717) is 11.8 Å². The van der Waals surface area contributed by atoms with Crippen LogP contribution in [0.4, 0.5) is 0 Å². The van der Waals surface area contributed by atoms with E-state index in [-0.39, 0.29) is 5.92 Å². The summed E-state index contributed by atoms with van der Waals surface area (Å²) in [4.78, 5) is 12.4. The third-order valence-corrected chi connectivity index (χ3v) is 5.50. The Morgan fingerprint density at radius 2 is 2.31 bits per heavy atom. The number of hydrogen-bond donors (Lipinski definition) is 1. The van der Waals surface area contributed by atoms with Gasteiger partial charge in [-0.2, -0.15) is 0 Å². The van der Waals surface area contributed by atoms with Crippen LogP contribution < -0.4 is 0 Å². The summed E-state index contributed by atoms with van der Waals surface area (Å²) in [5.74, 6) is -0.392. The zero-order valence-electron chi connectivity index (χ0n) is 9.24. The summed E-state index contributed by atoms with van der Waals surface area (Å²) in [6.45, 7) is 0. The molecule has 1 aromatic rings. The molecule has 0 amide bonds. The molecule has 1 fully saturated rings. The molecular weight excluding hydrogens is 220 g/mol. The molecule has 0 bridgehead atoms. The van der Waals surface area contributed by atoms with Gasteiger partial charge in [-0.05, 0) is 48.6 Å². The smallest absolute Gasteiger partial charge is 0.303 e. The van der Waals surface area contributed by atoms with Crippen molar-refractivity contribution in [3.05, 3.63) is 21.9 Å². The highest BCUT2D eigenvalue weighted by Crippen LogP contribution is 2.56. The van der Waals surface area contributed by atoms with Gasteiger partial charge in [0, 0.05) is 10.3 Å². The topological polar surface area (TPSA) is 37.3 Å². The summed E-state index contributed by atoms with van der Waals surface area (Å²) in [6, 6.07) is 2.16. The van der Waals surface area contributed by atoms with Crippen LogP contribution in [0, 0.1) is 0 Å². The fourth-order valence-corrected chi connectivity index (χ4v) is 4.57. The van der Waals surface area contributed by atoms with Gasteiger partial charge in [-0.3, -0.25) is 4.79 Å². The van der Waals surface area contributed by atoms with Crippen LogP contribution in [0.3, 0.4) is 0 Å². The van der Waals surface area contributed by atoms with Crippen LogP contribution >= 0.6 is 11.3 Å². The summed E-state index contributed by atoms with van der Waals surface area (Å²) in [6.07, 6.45) is 6.57. The van der Waals surface area contributed by atoms with Crippen LogP contribution in [0.25, 0.3) is 0 Å². The number of fused-ring (bicyclic) bond motifs is 2. The maximum absolute atomic E-state index is 10.8. The van der Waals surface area contributed by atoms with Crippen molar-refractivity contribution in [2.75, 3.05) is 0 Å². The maximum Gasteiger partial charge on any atom is 0.303 e. The SMILES string of the molecule is O=C(O)CC1CCC2(CCC2)c2sccc21. The Morgan fingerprint density at radius 1 is 1.50 bits per heavy atom. The fraction of sp³-hybridized carbons (Fsp3) is 0.615. The normalized spacial score (nSPS) is 26.1. The fourth-order valence-electron chi connectivity index (χ4n) is 3.29. The van der Waals surface area contributed by atoms with Crippen LogP contribution in [-0.2, 0) is 10.2 Å². The molecule has 86 valence electrons. The molecule has 0 saturated heterocycles. The monoisotopic (exact) mass is 236 g/mol. The highest BCUT2D eigenvalue weighted by molar-refractivity contribution is 7.10. The lowest BCUT2D eigenvalue weighted by Crippen LogP contribution is -2.37. The third-order valence-electron chi connectivity index (χ3n) is 4.32. The predicted molar refractivity (Wildman–Crippen MR) is 64.1 cm³/mol. The minimum Gasteiger partial charge on any atom is -0.481 e. The molecule has 0 aromatic carbocycles. The summed E-state index contributed by atoms with van der Waals surface area (Å²) < 4.78 is 0. The third kappa shape index (κ3) is 1.41. The quantitative estimate of drug-likeness (QED) is 0.853. The van der Waals surface area contributed by atoms with E-state index in [2.05, 4.69) is 11.4 Å². The minimum absolute atomic E-state index is 0.268. The van der Waals surface area contributed by atoms with Crippen molar-refractivity contribution in [1.29, 1.82) is 0 Å². The van der Waals surface area contributed by atoms with E-state index in [9.17, 15) is 4.79 Å². The molecule has 1 heterocycles. The molecule has 0 radical (unpaired) electrons. The van der Waals surface area contributed by atoms with Crippen molar-refractivity contribution >= 4 is 17.3 Å². The molecule has 1 aromatic heterocycles. The van der Waals surface area contributed by atoms with Gasteiger partial charge in [-0.25, -0.2) is 0 Å². The molecule has 3 rings (SSSR count). The second kappa shape index (κ2) is 3.59. The Morgan fingerprint density at radius 3 is 2.94 bits per heavy atom. The summed E-state index contributed by atoms with van der Waals surface area (Å²) >= 11 is 1.85. The zero-order chi connectivity index (χ0) is 11.2. The van der Waals surface area contributed by atoms with Gasteiger partial charge in [0.15, 0.2) is 0 Å². The van der Waals surface area contributed by atoms with E-state index in [1.165, 1.54) is 36.1 Å². The number of carboxylic acids is 1. The molecule has 1 unspecified atom stereocenters. The minimum atomic E-state index is -0.660. The van der Waals surface area contributed by atoms with Crippen LogP contribution in [0.1, 0.15) is 54.9 Å². The average molecular weight is 236 g/mol. The van der Waals surface area contributed by atoms with Crippen molar-refractivity contribution in [2.24, 2.45) is 0 Å². The Balaban J connectivity index is 1.93. The van der Waals surface area contributed by atoms with Gasteiger partial charge in [-0.15, -0.1) is 11.3 Å². The number of carboxylic acid groups (broad SMARTS) is 1. The lowest BCUT2D eigenvalue weighted by molar-refractivity contribution is -0.137. The first kappa shape index (κ1) is 10.3. The number of carbonyl (C=O) groups is 1. The van der Waals surface area contributed by atoms with Crippen LogP contribution in [-0.4, -0.2) is 11.1 Å². The van der Waals surface area contributed by atoms with Crippen molar-refractivity contribution in [2.45, 2.75) is 49.9 Å². The molecule has 1 N–H and O–H groups in total. The van der Waals surface area contributed by atoms with E-state index in [1.54, 1.807) is 0 Å². The van der Waals surface area contributed by atoms with Gasteiger partial charge >= 0.3 is 5.97 Å². The maximum atomic E-state index is 10.8. The van der Waals surface area contributed by atoms with Crippen LogP contribution in [0.2, 0.25) is 0 Å². The van der Waals surface area contributed by atoms with Crippen molar-refractivity contribution < 1.29 is 9.90 Å². The van der Waals surface area contributed by atoms with Gasteiger partial charge in [0.05, 0.1) is 6.42 Å². The number of hydrogen-bond acceptors (Lipinski definition) is 2. The Bertz CT molecular complexity index is 417. The predicted octanol–water partition coefficient (Wildman–Crippen LogP) is 3.52. The molecule has 2 nitrogen and oxygen atoms in total. The van der Waals surface area contributed by atoms with Crippen molar-refractivity contribution in [3.63, 3.8) is 0 Å². The Labute approximate surface area is 99.3 Å². The molecule has 16 heavy (non-hydrogen) atoms. The summed E-state index contributed by atoms with van der Waals surface area (Å²) in [5.41, 5.74) is 1.80. The lowest BCUT2D eigenvalue weighted by Gasteiger charge is -2.46. The summed E-state index contributed by atoms with van der Waals surface area (Å²) in [7, 11) is 0. The molecule has 1 spiro atoms. The van der Waals surface area contributed by atoms with E-state index in [1.807, 2.05) is 11.3 Å². The van der Waals surface area contributed by atoms with E-state index >= 15 is 0 Å². The first-order chi connectivity index (χ1) is 7.71. The molecule has 2 aliphatic carbocycles. The van der Waals surface area contributed by atoms with Gasteiger partial charge in [0.2, 0.25) is 0 Å². The second-order valence-corrected chi connectivity index (χ2v) is 6.09. The van der Waals surface area contributed by atoms with Crippen molar-refractivity contribution in [1.82, 2.24) is 0 Å². The summed E-state index contributed by atoms with van der Waals surface area (Å²) in [5, 5.41) is 11.1. The number of thiophene rings is 1. The van der Waals surface area contributed by atoms with Crippen LogP contribution in [0.15, 0.2) is 11.4 Å². The first-order valence-corrected chi connectivity index (χ1v) is 6.89. The standard InChI is InChI=1S/C13H16O2S/c14-11(15)8-9-2-6-13(4-1-5-13)12-10(9)3-7-16-12/h3,7,9H,1-2,4-6,8H2,(H,14,15). The largest absolute Gasteiger partial charge is 0.481 e. The van der Waals surface area contributed by atoms with Gasteiger partial charge in [0.1, 0.15) is 0 Å². The second-order valence-electron chi connectivity index (χ2n) is 5.17. The van der Waals surface area contributed by atoms with Gasteiger partial charge < -0.3 is 5.11 Å². The van der Waals surface area contributed by atoms with Gasteiger partial charge in [-0.1, -0.05) is 6.42 Å². The molecule has 3 heteroatoms. The van der Waals surface area contributed by atoms with Crippen molar-refractivity contribution in [3.8, 4) is 0 Å². The molecule has 0 aliphatic heterocycles. The lowest BCUT2D eigenvalue weighted by atomic mass is 9.59. The van der Waals surface area contributed by atoms with E-state index in [4.69, 9.17) is 5.11 Å². The van der Waals surface area contributed by atoms with E-state index < -0.39 is 5.97 Å². The average Bonchev–Trinajstić information content (AvgIpc) is 2.64. The Hall–Kier alpha value is -0.830. The molecule has 2 aliphatic rings. The number of aliphatic carboxylic acids is 1. The highest BCUT2D eigenvalue weighted by Gasteiger charge is 2.45. The highest BCUT2D eigenvalue weighted by atomic mass is 32.1.